The molecule has 0 radical (unpaired) electrons. The second kappa shape index (κ2) is 15.1. The fourth-order valence-corrected chi connectivity index (χ4v) is 6.93. The minimum absolute atomic E-state index is 0.126. The molecular formula is C42H50N6O7. The smallest absolute Gasteiger partial charge is 0.412 e. The number of nitrogens with one attached hydrogen (secondary N) is 4. The predicted octanol–water partition coefficient (Wildman–Crippen LogP) is 9.27. The van der Waals surface area contributed by atoms with Crippen molar-refractivity contribution in [2.24, 2.45) is 5.92 Å². The number of amides is 4. The van der Waals surface area contributed by atoms with E-state index in [-0.39, 0.29) is 17.9 Å². The molecule has 4 N–H and O–H groups in total. The second-order valence-corrected chi connectivity index (χ2v) is 16.2. The Bertz CT molecular complexity index is 2280. The number of hydrogen-bond donors (Lipinski definition) is 4. The Labute approximate surface area is 320 Å². The molecule has 0 spiro atoms. The highest BCUT2D eigenvalue weighted by molar-refractivity contribution is 6.10. The second-order valence-electron chi connectivity index (χ2n) is 16.2. The Morgan fingerprint density at radius 2 is 1.40 bits per heavy atom. The van der Waals surface area contributed by atoms with Crippen molar-refractivity contribution in [1.29, 1.82) is 0 Å². The predicted molar refractivity (Wildman–Crippen MR) is 214 cm³/mol. The van der Waals surface area contributed by atoms with Crippen molar-refractivity contribution in [3.05, 3.63) is 66.5 Å². The Hall–Kier alpha value is -5.85. The van der Waals surface area contributed by atoms with E-state index in [4.69, 9.17) is 19.2 Å². The molecule has 4 amide bonds. The Morgan fingerprint density at radius 3 is 2.02 bits per heavy atom. The standard InChI is InChI=1S/C42H50N6O7/c1-23(2)33(46-38(50)53-9)37(49)48-20-10-11-32(48)36-43-30-18-14-26-21-24(12-16-28(26)34(30)45-36)25-13-17-29-27(22-25)15-19-31(44-39(51)54-41(3,4)5)35(29)47-40(52)55-42(6,7)8/h12-19,21-23,32-33H,10-11,20H2,1-9H3,(H,43,45)(H,44,51)(H,46,50)(H,47,52)/t32-,33?/m0/s1. The van der Waals surface area contributed by atoms with Gasteiger partial charge in [0.15, 0.2) is 0 Å². The molecule has 0 saturated carbocycles. The number of ether oxygens (including phenoxy) is 3. The number of likely N-dealkylation sites (tertiary alicyclic amines) is 1. The van der Waals surface area contributed by atoms with E-state index in [2.05, 4.69) is 39.1 Å². The quantitative estimate of drug-likeness (QED) is 0.120. The van der Waals surface area contributed by atoms with Gasteiger partial charge < -0.3 is 29.4 Å². The van der Waals surface area contributed by atoms with Crippen molar-refractivity contribution in [3.63, 3.8) is 0 Å². The lowest BCUT2D eigenvalue weighted by Gasteiger charge is -2.29. The first-order valence-electron chi connectivity index (χ1n) is 18.6. The average Bonchev–Trinajstić information content (AvgIpc) is 3.77. The third kappa shape index (κ3) is 8.77. The monoisotopic (exact) mass is 750 g/mol. The SMILES string of the molecule is COC(=O)NC(C(=O)N1CCC[C@H]1c1nc2ccc3cc(-c4ccc5c(NC(=O)OC(C)(C)C)c(NC(=O)OC(C)(C)C)ccc5c4)ccc3c2[nH]1)C(C)C. The Kier molecular flexibility index (Phi) is 10.7. The summed E-state index contributed by atoms with van der Waals surface area (Å²) in [7, 11) is 1.28. The normalized spacial score (nSPS) is 15.3. The van der Waals surface area contributed by atoms with Crippen LogP contribution in [-0.2, 0) is 19.0 Å². The summed E-state index contributed by atoms with van der Waals surface area (Å²) in [4.78, 5) is 61.7. The molecule has 1 aromatic heterocycles. The van der Waals surface area contributed by atoms with Gasteiger partial charge in [0, 0.05) is 17.3 Å². The van der Waals surface area contributed by atoms with Gasteiger partial charge in [-0.15, -0.1) is 0 Å². The van der Waals surface area contributed by atoms with E-state index in [0.29, 0.717) is 29.1 Å². The lowest BCUT2D eigenvalue weighted by Crippen LogP contribution is -2.51. The third-order valence-corrected chi connectivity index (χ3v) is 9.35. The number of nitrogens with zero attached hydrogens (tertiary/aromatic N) is 2. The number of anilines is 2. The van der Waals surface area contributed by atoms with Gasteiger partial charge in [-0.25, -0.2) is 19.4 Å². The molecule has 55 heavy (non-hydrogen) atoms. The molecule has 1 unspecified atom stereocenters. The molecule has 13 nitrogen and oxygen atoms in total. The molecule has 2 atom stereocenters. The van der Waals surface area contributed by atoms with Crippen molar-refractivity contribution >= 4 is 68.1 Å². The molecule has 1 aliphatic heterocycles. The fraction of sp³-hybridized carbons (Fsp3) is 0.405. The molecule has 6 rings (SSSR count). The summed E-state index contributed by atoms with van der Waals surface area (Å²) in [6, 6.07) is 18.8. The summed E-state index contributed by atoms with van der Waals surface area (Å²) < 4.78 is 15.8. The van der Waals surface area contributed by atoms with Crippen molar-refractivity contribution in [2.45, 2.75) is 91.5 Å². The number of alkyl carbamates (subject to hydrolysis) is 1. The van der Waals surface area contributed by atoms with Crippen LogP contribution in [0.1, 0.15) is 80.1 Å². The van der Waals surface area contributed by atoms with Gasteiger partial charge in [-0.1, -0.05) is 50.2 Å². The van der Waals surface area contributed by atoms with Crippen LogP contribution in [-0.4, -0.2) is 70.0 Å². The summed E-state index contributed by atoms with van der Waals surface area (Å²) in [5.41, 5.74) is 2.95. The first-order valence-corrected chi connectivity index (χ1v) is 18.6. The van der Waals surface area contributed by atoms with Crippen molar-refractivity contribution in [2.75, 3.05) is 24.3 Å². The van der Waals surface area contributed by atoms with Gasteiger partial charge in [-0.05, 0) is 106 Å². The van der Waals surface area contributed by atoms with E-state index >= 15 is 0 Å². The molecule has 0 aliphatic carbocycles. The van der Waals surface area contributed by atoms with E-state index < -0.39 is 35.5 Å². The van der Waals surface area contributed by atoms with Gasteiger partial charge in [0.2, 0.25) is 5.91 Å². The van der Waals surface area contributed by atoms with Crippen LogP contribution in [0.15, 0.2) is 60.7 Å². The van der Waals surface area contributed by atoms with E-state index in [9.17, 15) is 19.2 Å². The van der Waals surface area contributed by atoms with Crippen LogP contribution >= 0.6 is 0 Å². The lowest BCUT2D eigenvalue weighted by molar-refractivity contribution is -0.135. The number of H-pyrrole nitrogens is 1. The summed E-state index contributed by atoms with van der Waals surface area (Å²) in [6.07, 6.45) is -0.352. The number of hydrogen-bond acceptors (Lipinski definition) is 8. The molecule has 2 heterocycles. The summed E-state index contributed by atoms with van der Waals surface area (Å²) in [5.74, 6) is 0.430. The van der Waals surface area contributed by atoms with E-state index in [1.54, 1.807) is 47.6 Å². The molecular weight excluding hydrogens is 700 g/mol. The van der Waals surface area contributed by atoms with Crippen LogP contribution in [0.4, 0.5) is 25.8 Å². The maximum Gasteiger partial charge on any atom is 0.412 e. The van der Waals surface area contributed by atoms with Crippen molar-refractivity contribution in [1.82, 2.24) is 20.2 Å². The van der Waals surface area contributed by atoms with Crippen LogP contribution in [0.3, 0.4) is 0 Å². The molecule has 0 bridgehead atoms. The lowest BCUT2D eigenvalue weighted by atomic mass is 9.97. The number of aromatic nitrogens is 2. The third-order valence-electron chi connectivity index (χ3n) is 9.35. The highest BCUT2D eigenvalue weighted by atomic mass is 16.6. The number of carbonyl (C=O) groups excluding carboxylic acids is 4. The summed E-state index contributed by atoms with van der Waals surface area (Å²) in [6.45, 7) is 15.0. The Balaban J connectivity index is 1.31. The number of methoxy groups -OCH3 is 1. The van der Waals surface area contributed by atoms with Gasteiger partial charge in [0.05, 0.1) is 35.6 Å². The molecule has 13 heteroatoms. The number of carbonyl (C=O) groups is 4. The van der Waals surface area contributed by atoms with Gasteiger partial charge in [0.1, 0.15) is 23.1 Å². The molecule has 4 aromatic carbocycles. The molecule has 1 aliphatic rings. The minimum Gasteiger partial charge on any atom is -0.453 e. The average molecular weight is 751 g/mol. The summed E-state index contributed by atoms with van der Waals surface area (Å²) in [5, 5.41) is 11.9. The van der Waals surface area contributed by atoms with Gasteiger partial charge in [0.25, 0.3) is 0 Å². The largest absolute Gasteiger partial charge is 0.453 e. The molecule has 290 valence electrons. The van der Waals surface area contributed by atoms with Crippen molar-refractivity contribution < 1.29 is 33.4 Å². The zero-order valence-electron chi connectivity index (χ0n) is 32.9. The van der Waals surface area contributed by atoms with Crippen LogP contribution in [0.25, 0.3) is 43.7 Å². The van der Waals surface area contributed by atoms with Gasteiger partial charge in [-0.3, -0.25) is 15.4 Å². The number of aromatic amines is 1. The number of fused-ring (bicyclic) bond motifs is 4. The maximum atomic E-state index is 13.7. The zero-order chi connectivity index (χ0) is 39.8. The highest BCUT2D eigenvalue weighted by Crippen LogP contribution is 2.38. The van der Waals surface area contributed by atoms with Crippen LogP contribution in [0.2, 0.25) is 0 Å². The highest BCUT2D eigenvalue weighted by Gasteiger charge is 2.37. The van der Waals surface area contributed by atoms with E-state index in [0.717, 1.165) is 51.2 Å². The Morgan fingerprint density at radius 1 is 0.800 bits per heavy atom. The van der Waals surface area contributed by atoms with E-state index in [1.807, 2.05) is 55.1 Å². The van der Waals surface area contributed by atoms with Gasteiger partial charge >= 0.3 is 18.3 Å². The van der Waals surface area contributed by atoms with Crippen LogP contribution in [0, 0.1) is 5.92 Å². The summed E-state index contributed by atoms with van der Waals surface area (Å²) >= 11 is 0. The topological polar surface area (TPSA) is 164 Å². The molecule has 1 fully saturated rings. The van der Waals surface area contributed by atoms with Crippen LogP contribution in [0.5, 0.6) is 0 Å². The van der Waals surface area contributed by atoms with Crippen LogP contribution < -0.4 is 16.0 Å². The fourth-order valence-electron chi connectivity index (χ4n) is 6.93. The molecule has 1 saturated heterocycles. The van der Waals surface area contributed by atoms with Gasteiger partial charge in [-0.2, -0.15) is 0 Å². The molecule has 5 aromatic rings. The number of benzene rings is 4. The van der Waals surface area contributed by atoms with Crippen molar-refractivity contribution in [3.8, 4) is 11.1 Å². The van der Waals surface area contributed by atoms with E-state index in [1.165, 1.54) is 7.11 Å². The number of rotatable bonds is 7. The zero-order valence-corrected chi connectivity index (χ0v) is 32.9. The first-order chi connectivity index (χ1) is 25.9. The maximum absolute atomic E-state index is 13.7. The minimum atomic E-state index is -0.725. The number of imidazole rings is 1. The first kappa shape index (κ1) is 38.9.